The van der Waals surface area contributed by atoms with Crippen molar-refractivity contribution < 1.29 is 28.2 Å². The lowest BCUT2D eigenvalue weighted by atomic mass is 10.1. The van der Waals surface area contributed by atoms with Crippen molar-refractivity contribution in [3.8, 4) is 11.5 Å². The molecule has 0 atom stereocenters. The third-order valence-electron chi connectivity index (χ3n) is 7.80. The second-order valence-corrected chi connectivity index (χ2v) is 14.0. The van der Waals surface area contributed by atoms with Gasteiger partial charge in [-0.1, -0.05) is 58.0 Å². The molecular formula is C40H48N4O4S2+2. The minimum atomic E-state index is 0.0683. The Morgan fingerprint density at radius 2 is 1.02 bits per heavy atom. The standard InChI is InChI=1S/C40H46N4O4S2/c1-47-37-17-5-3-13-33(37)21-23-35-15-7-9-27-43(35)29-11-19-39(45)41-25-31-49-50-32-26-42-40(46)20-12-30-44-28-10-8-16-36(44)24-22-34-14-4-6-18-38(34)48-2/h3-10,13-18,21-24,27-28H,11-12,19-20,25-26,29-32H2,1-2H3/p+2. The smallest absolute Gasteiger partial charge is 0.220 e. The first kappa shape index (κ1) is 38.3. The van der Waals surface area contributed by atoms with Crippen molar-refractivity contribution >= 4 is 57.7 Å². The number of aryl methyl sites for hydroxylation is 2. The average molecular weight is 713 g/mol. The molecule has 0 aliphatic heterocycles. The molecule has 0 aliphatic carbocycles. The summed E-state index contributed by atoms with van der Waals surface area (Å²) in [6.45, 7) is 2.76. The number of benzene rings is 2. The lowest BCUT2D eigenvalue weighted by Crippen LogP contribution is -2.37. The van der Waals surface area contributed by atoms with Crippen LogP contribution in [0.5, 0.6) is 11.5 Å². The molecule has 8 nitrogen and oxygen atoms in total. The highest BCUT2D eigenvalue weighted by atomic mass is 33.1. The summed E-state index contributed by atoms with van der Waals surface area (Å²) in [6, 6.07) is 28.0. The summed E-state index contributed by atoms with van der Waals surface area (Å²) >= 11 is 0. The molecule has 0 unspecified atom stereocenters. The molecular weight excluding hydrogens is 665 g/mol. The van der Waals surface area contributed by atoms with Gasteiger partial charge >= 0.3 is 0 Å². The van der Waals surface area contributed by atoms with Crippen LogP contribution in [-0.2, 0) is 22.7 Å². The number of amides is 2. The van der Waals surface area contributed by atoms with Crippen LogP contribution in [-0.4, -0.2) is 50.6 Å². The number of hydrogen-bond donors (Lipinski definition) is 2. The Hall–Kier alpha value is -4.54. The first-order chi connectivity index (χ1) is 24.6. The Labute approximate surface area is 304 Å². The number of nitrogens with one attached hydrogen (secondary N) is 2. The molecule has 10 heteroatoms. The summed E-state index contributed by atoms with van der Waals surface area (Å²) in [5, 5.41) is 6.04. The van der Waals surface area contributed by atoms with E-state index in [2.05, 4.69) is 44.1 Å². The van der Waals surface area contributed by atoms with Gasteiger partial charge in [0.15, 0.2) is 12.4 Å². The second kappa shape index (κ2) is 22.2. The van der Waals surface area contributed by atoms with Crippen molar-refractivity contribution in [3.05, 3.63) is 120 Å². The number of rotatable bonds is 21. The highest BCUT2D eigenvalue weighted by molar-refractivity contribution is 8.76. The number of nitrogens with zero attached hydrogens (tertiary/aromatic N) is 2. The lowest BCUT2D eigenvalue weighted by molar-refractivity contribution is -0.699. The van der Waals surface area contributed by atoms with Gasteiger partial charge in [-0.05, 0) is 36.4 Å². The van der Waals surface area contributed by atoms with Crippen LogP contribution < -0.4 is 29.2 Å². The van der Waals surface area contributed by atoms with Gasteiger partial charge in [0.2, 0.25) is 23.2 Å². The Balaban J connectivity index is 1.03. The lowest BCUT2D eigenvalue weighted by Gasteiger charge is -2.06. The first-order valence-electron chi connectivity index (χ1n) is 16.9. The normalized spacial score (nSPS) is 11.2. The van der Waals surface area contributed by atoms with Gasteiger partial charge in [0, 0.05) is 97.8 Å². The van der Waals surface area contributed by atoms with E-state index in [4.69, 9.17) is 9.47 Å². The van der Waals surface area contributed by atoms with E-state index in [0.717, 1.165) is 71.5 Å². The maximum atomic E-state index is 12.4. The third-order valence-corrected chi connectivity index (χ3v) is 10.2. The maximum Gasteiger partial charge on any atom is 0.220 e. The Bertz CT molecular complexity index is 1590. The van der Waals surface area contributed by atoms with Gasteiger partial charge in [-0.15, -0.1) is 0 Å². The largest absolute Gasteiger partial charge is 0.496 e. The molecule has 0 fully saturated rings. The fourth-order valence-corrected chi connectivity index (χ4v) is 7.04. The van der Waals surface area contributed by atoms with Crippen molar-refractivity contribution in [2.45, 2.75) is 38.8 Å². The van der Waals surface area contributed by atoms with Crippen molar-refractivity contribution in [1.82, 2.24) is 10.6 Å². The van der Waals surface area contributed by atoms with Crippen LogP contribution >= 0.6 is 21.6 Å². The summed E-state index contributed by atoms with van der Waals surface area (Å²) in [5.74, 6) is 3.44. The van der Waals surface area contributed by atoms with Crippen molar-refractivity contribution in [3.63, 3.8) is 0 Å². The van der Waals surface area contributed by atoms with Crippen LogP contribution in [0.25, 0.3) is 24.3 Å². The van der Waals surface area contributed by atoms with Crippen LogP contribution in [0.4, 0.5) is 0 Å². The van der Waals surface area contributed by atoms with Gasteiger partial charge in [-0.3, -0.25) is 9.59 Å². The van der Waals surface area contributed by atoms with Gasteiger partial charge in [-0.2, -0.15) is 9.13 Å². The van der Waals surface area contributed by atoms with Crippen molar-refractivity contribution in [1.29, 1.82) is 0 Å². The number of methoxy groups -OCH3 is 2. The van der Waals surface area contributed by atoms with E-state index in [0.29, 0.717) is 25.9 Å². The summed E-state index contributed by atoms with van der Waals surface area (Å²) in [7, 11) is 6.77. The molecule has 50 heavy (non-hydrogen) atoms. The Morgan fingerprint density at radius 1 is 0.600 bits per heavy atom. The van der Waals surface area contributed by atoms with E-state index in [1.807, 2.05) is 97.3 Å². The predicted octanol–water partition coefficient (Wildman–Crippen LogP) is 6.49. The number of carbonyl (C=O) groups excluding carboxylic acids is 2. The molecule has 2 N–H and O–H groups in total. The van der Waals surface area contributed by atoms with Crippen molar-refractivity contribution in [2.75, 3.05) is 38.8 Å². The number of carbonyl (C=O) groups is 2. The van der Waals surface area contributed by atoms with Gasteiger partial charge in [-0.25, -0.2) is 0 Å². The van der Waals surface area contributed by atoms with Crippen LogP contribution in [0.3, 0.4) is 0 Å². The van der Waals surface area contributed by atoms with E-state index in [9.17, 15) is 9.59 Å². The zero-order valence-corrected chi connectivity index (χ0v) is 30.6. The van der Waals surface area contributed by atoms with E-state index in [-0.39, 0.29) is 11.8 Å². The molecule has 0 saturated carbocycles. The van der Waals surface area contributed by atoms with Crippen LogP contribution in [0.1, 0.15) is 48.2 Å². The number of para-hydroxylation sites is 2. The average Bonchev–Trinajstić information content (AvgIpc) is 3.15. The molecule has 2 aromatic carbocycles. The van der Waals surface area contributed by atoms with Gasteiger partial charge in [0.25, 0.3) is 0 Å². The number of pyridine rings is 2. The minimum Gasteiger partial charge on any atom is -0.496 e. The number of aromatic nitrogens is 2. The zero-order valence-electron chi connectivity index (χ0n) is 29.0. The molecule has 0 spiro atoms. The number of ether oxygens (including phenoxy) is 2. The molecule has 0 saturated heterocycles. The number of hydrogen-bond acceptors (Lipinski definition) is 6. The third kappa shape index (κ3) is 13.4. The van der Waals surface area contributed by atoms with E-state index in [1.54, 1.807) is 35.8 Å². The second-order valence-electron chi connectivity index (χ2n) is 11.3. The van der Waals surface area contributed by atoms with Crippen molar-refractivity contribution in [2.24, 2.45) is 0 Å². The van der Waals surface area contributed by atoms with Crippen LogP contribution in [0, 0.1) is 0 Å². The molecule has 0 radical (unpaired) electrons. The molecule has 2 heterocycles. The summed E-state index contributed by atoms with van der Waals surface area (Å²) in [4.78, 5) is 24.8. The van der Waals surface area contributed by atoms with E-state index < -0.39 is 0 Å². The molecule has 2 amide bonds. The van der Waals surface area contributed by atoms with E-state index in [1.165, 1.54) is 0 Å². The van der Waals surface area contributed by atoms with Crippen LogP contribution in [0.15, 0.2) is 97.3 Å². The summed E-state index contributed by atoms with van der Waals surface area (Å²) < 4.78 is 15.2. The first-order valence-corrected chi connectivity index (χ1v) is 19.4. The maximum absolute atomic E-state index is 12.4. The molecule has 4 aromatic rings. The molecule has 4 rings (SSSR count). The minimum absolute atomic E-state index is 0.0683. The highest BCUT2D eigenvalue weighted by Crippen LogP contribution is 2.21. The molecule has 262 valence electrons. The summed E-state index contributed by atoms with van der Waals surface area (Å²) in [6.07, 6.45) is 14.8. The fourth-order valence-electron chi connectivity index (χ4n) is 5.23. The van der Waals surface area contributed by atoms with Crippen LogP contribution in [0.2, 0.25) is 0 Å². The Kier molecular flexibility index (Phi) is 17.0. The van der Waals surface area contributed by atoms with E-state index >= 15 is 0 Å². The van der Waals surface area contributed by atoms with Gasteiger partial charge < -0.3 is 20.1 Å². The highest BCUT2D eigenvalue weighted by Gasteiger charge is 2.11. The fraction of sp³-hybridized carbons (Fsp3) is 0.300. The topological polar surface area (TPSA) is 84.4 Å². The SMILES string of the molecule is COc1ccccc1C=Cc1cccc[n+]1CCCC(=O)NCCSSCCNC(=O)CCC[n+]1ccccc1C=Cc1ccccc1OC. The molecule has 0 aliphatic rings. The predicted molar refractivity (Wildman–Crippen MR) is 207 cm³/mol. The summed E-state index contributed by atoms with van der Waals surface area (Å²) in [5.41, 5.74) is 4.17. The van der Waals surface area contributed by atoms with Gasteiger partial charge in [0.05, 0.1) is 14.2 Å². The molecule has 2 aromatic heterocycles. The Morgan fingerprint density at radius 3 is 1.46 bits per heavy atom. The zero-order chi connectivity index (χ0) is 35.2. The monoisotopic (exact) mass is 712 g/mol. The van der Waals surface area contributed by atoms with Gasteiger partial charge in [0.1, 0.15) is 24.6 Å². The molecule has 0 bridgehead atoms. The quantitative estimate of drug-likeness (QED) is 0.0584.